The summed E-state index contributed by atoms with van der Waals surface area (Å²) in [5, 5.41) is 2.98. The van der Waals surface area contributed by atoms with Gasteiger partial charge < -0.3 is 4.98 Å². The van der Waals surface area contributed by atoms with Crippen LogP contribution in [0.3, 0.4) is 0 Å². The molecule has 25 heavy (non-hydrogen) atoms. The van der Waals surface area contributed by atoms with E-state index >= 15 is 0 Å². The van der Waals surface area contributed by atoms with Gasteiger partial charge in [-0.25, -0.2) is 9.37 Å². The lowest BCUT2D eigenvalue weighted by Gasteiger charge is -2.10. The third kappa shape index (κ3) is 2.13. The lowest BCUT2D eigenvalue weighted by Crippen LogP contribution is -1.89. The summed E-state index contributed by atoms with van der Waals surface area (Å²) in [6, 6.07) is 21.3. The number of halogens is 1. The van der Waals surface area contributed by atoms with E-state index in [1.54, 1.807) is 12.1 Å². The zero-order valence-electron chi connectivity index (χ0n) is 13.7. The number of aryl methyl sites for hydroxylation is 1. The van der Waals surface area contributed by atoms with Crippen LogP contribution in [0.5, 0.6) is 0 Å². The maximum absolute atomic E-state index is 14.0. The summed E-state index contributed by atoms with van der Waals surface area (Å²) in [5.41, 5.74) is 5.94. The van der Waals surface area contributed by atoms with Gasteiger partial charge in [0.1, 0.15) is 11.5 Å². The highest BCUT2D eigenvalue weighted by Crippen LogP contribution is 2.38. The van der Waals surface area contributed by atoms with E-state index < -0.39 is 0 Å². The predicted octanol–water partition coefficient (Wildman–Crippen LogP) is 5.98. The Morgan fingerprint density at radius 2 is 1.68 bits per heavy atom. The van der Waals surface area contributed by atoms with Crippen molar-refractivity contribution in [2.24, 2.45) is 0 Å². The van der Waals surface area contributed by atoms with Crippen LogP contribution in [0.1, 0.15) is 5.56 Å². The molecule has 2 aromatic heterocycles. The quantitative estimate of drug-likeness (QED) is 0.403. The Kier molecular flexibility index (Phi) is 2.92. The fourth-order valence-corrected chi connectivity index (χ4v) is 3.55. The molecular formula is C22H15FN2. The van der Waals surface area contributed by atoms with Crippen LogP contribution in [0.25, 0.3) is 44.0 Å². The second-order valence-corrected chi connectivity index (χ2v) is 6.41. The average molecular weight is 326 g/mol. The number of rotatable bonds is 1. The molecule has 2 heterocycles. The zero-order chi connectivity index (χ0) is 17.0. The topological polar surface area (TPSA) is 28.7 Å². The van der Waals surface area contributed by atoms with Crippen molar-refractivity contribution >= 4 is 32.8 Å². The van der Waals surface area contributed by atoms with Crippen LogP contribution >= 0.6 is 0 Å². The Morgan fingerprint density at radius 3 is 2.52 bits per heavy atom. The molecule has 0 amide bonds. The lowest BCUT2D eigenvalue weighted by atomic mass is 9.96. The van der Waals surface area contributed by atoms with Gasteiger partial charge in [-0.2, -0.15) is 0 Å². The summed E-state index contributed by atoms with van der Waals surface area (Å²) in [6.07, 6.45) is 0. The third-order valence-electron chi connectivity index (χ3n) is 4.74. The molecule has 0 radical (unpaired) electrons. The van der Waals surface area contributed by atoms with E-state index in [9.17, 15) is 4.39 Å². The van der Waals surface area contributed by atoms with Gasteiger partial charge in [-0.05, 0) is 36.8 Å². The molecule has 120 valence electrons. The molecule has 3 heteroatoms. The van der Waals surface area contributed by atoms with Gasteiger partial charge in [0.05, 0.1) is 5.52 Å². The van der Waals surface area contributed by atoms with E-state index in [0.717, 1.165) is 44.0 Å². The smallest absolute Gasteiger partial charge is 0.139 e. The molecule has 0 atom stereocenters. The van der Waals surface area contributed by atoms with Gasteiger partial charge in [0, 0.05) is 27.2 Å². The van der Waals surface area contributed by atoms with Gasteiger partial charge in [-0.1, -0.05) is 48.0 Å². The largest absolute Gasteiger partial charge is 0.339 e. The van der Waals surface area contributed by atoms with Gasteiger partial charge >= 0.3 is 0 Å². The Balaban J connectivity index is 2.04. The van der Waals surface area contributed by atoms with Gasteiger partial charge in [0.2, 0.25) is 0 Å². The van der Waals surface area contributed by atoms with E-state index in [4.69, 9.17) is 4.98 Å². The van der Waals surface area contributed by atoms with Gasteiger partial charge in [-0.15, -0.1) is 0 Å². The first-order valence-electron chi connectivity index (χ1n) is 8.27. The van der Waals surface area contributed by atoms with E-state index in [1.165, 1.54) is 11.6 Å². The first-order chi connectivity index (χ1) is 12.2. The summed E-state index contributed by atoms with van der Waals surface area (Å²) in [4.78, 5) is 8.14. The molecule has 0 saturated carbocycles. The average Bonchev–Trinajstić information content (AvgIpc) is 2.99. The van der Waals surface area contributed by atoms with Crippen molar-refractivity contribution in [3.05, 3.63) is 78.1 Å². The molecule has 1 N–H and O–H groups in total. The summed E-state index contributed by atoms with van der Waals surface area (Å²) >= 11 is 0. The van der Waals surface area contributed by atoms with Gasteiger partial charge in [0.15, 0.2) is 0 Å². The number of nitrogens with zero attached hydrogens (tertiary/aromatic N) is 1. The third-order valence-corrected chi connectivity index (χ3v) is 4.74. The molecule has 0 unspecified atom stereocenters. The maximum atomic E-state index is 14.0. The number of aromatic nitrogens is 2. The predicted molar refractivity (Wildman–Crippen MR) is 101 cm³/mol. The molecular weight excluding hydrogens is 311 g/mol. The van der Waals surface area contributed by atoms with Crippen LogP contribution in [-0.2, 0) is 0 Å². The number of H-pyrrole nitrogens is 1. The number of benzene rings is 3. The Morgan fingerprint density at radius 1 is 0.880 bits per heavy atom. The second-order valence-electron chi connectivity index (χ2n) is 6.41. The minimum absolute atomic E-state index is 0.248. The van der Waals surface area contributed by atoms with Crippen LogP contribution in [0.2, 0.25) is 0 Å². The molecule has 2 nitrogen and oxygen atoms in total. The highest BCUT2D eigenvalue weighted by atomic mass is 19.1. The summed E-state index contributed by atoms with van der Waals surface area (Å²) in [7, 11) is 0. The highest BCUT2D eigenvalue weighted by molar-refractivity contribution is 6.19. The van der Waals surface area contributed by atoms with E-state index in [2.05, 4.69) is 42.2 Å². The lowest BCUT2D eigenvalue weighted by molar-refractivity contribution is 0.629. The van der Waals surface area contributed by atoms with Crippen LogP contribution < -0.4 is 0 Å². The fourth-order valence-electron chi connectivity index (χ4n) is 3.55. The normalized spacial score (nSPS) is 11.6. The van der Waals surface area contributed by atoms with E-state index in [0.29, 0.717) is 0 Å². The minimum Gasteiger partial charge on any atom is -0.339 e. The van der Waals surface area contributed by atoms with Crippen molar-refractivity contribution < 1.29 is 4.39 Å². The van der Waals surface area contributed by atoms with Crippen molar-refractivity contribution in [1.29, 1.82) is 0 Å². The first kappa shape index (κ1) is 14.2. The highest BCUT2D eigenvalue weighted by Gasteiger charge is 2.16. The Bertz CT molecular complexity index is 1250. The molecule has 0 saturated heterocycles. The number of hydrogen-bond donors (Lipinski definition) is 1. The monoisotopic (exact) mass is 326 g/mol. The van der Waals surface area contributed by atoms with Crippen LogP contribution in [-0.4, -0.2) is 9.97 Å². The van der Waals surface area contributed by atoms with Gasteiger partial charge in [-0.3, -0.25) is 0 Å². The molecule has 0 spiro atoms. The van der Waals surface area contributed by atoms with Crippen LogP contribution in [0.15, 0.2) is 66.7 Å². The first-order valence-corrected chi connectivity index (χ1v) is 8.27. The van der Waals surface area contributed by atoms with E-state index in [1.807, 2.05) is 18.2 Å². The van der Waals surface area contributed by atoms with Crippen molar-refractivity contribution in [3.63, 3.8) is 0 Å². The molecule has 5 rings (SSSR count). The molecule has 3 aromatic carbocycles. The Labute approximate surface area is 143 Å². The molecule has 0 aliphatic carbocycles. The number of hydrogen-bond acceptors (Lipinski definition) is 1. The fraction of sp³-hybridized carbons (Fsp3) is 0.0455. The molecule has 0 aliphatic heterocycles. The van der Waals surface area contributed by atoms with Crippen molar-refractivity contribution in [3.8, 4) is 11.1 Å². The van der Waals surface area contributed by atoms with Crippen molar-refractivity contribution in [2.45, 2.75) is 6.92 Å². The molecule has 0 bridgehead atoms. The standard InChI is InChI=1S/C22H15FN2/c1-13-6-8-14(9-7-13)20-17-12-15(23)10-11-19(17)25-22-21(20)16-4-2-3-5-18(16)24-22/h2-12H,1H3,(H,24,25). The molecule has 0 fully saturated rings. The number of para-hydroxylation sites is 1. The SMILES string of the molecule is Cc1ccc(-c2c3cc(F)ccc3nc3[nH]c4ccccc4c23)cc1. The molecule has 5 aromatic rings. The van der Waals surface area contributed by atoms with Crippen LogP contribution in [0, 0.1) is 12.7 Å². The molecule has 0 aliphatic rings. The maximum Gasteiger partial charge on any atom is 0.139 e. The summed E-state index contributed by atoms with van der Waals surface area (Å²) < 4.78 is 14.0. The second kappa shape index (κ2) is 5.15. The summed E-state index contributed by atoms with van der Waals surface area (Å²) in [5.74, 6) is -0.248. The number of nitrogens with one attached hydrogen (secondary N) is 1. The van der Waals surface area contributed by atoms with Crippen LogP contribution in [0.4, 0.5) is 4.39 Å². The van der Waals surface area contributed by atoms with Gasteiger partial charge in [0.25, 0.3) is 0 Å². The van der Waals surface area contributed by atoms with E-state index in [-0.39, 0.29) is 5.82 Å². The van der Waals surface area contributed by atoms with Crippen molar-refractivity contribution in [1.82, 2.24) is 9.97 Å². The number of aromatic amines is 1. The Hall–Kier alpha value is -3.20. The number of fused-ring (bicyclic) bond motifs is 4. The number of pyridine rings is 1. The summed E-state index contributed by atoms with van der Waals surface area (Å²) in [6.45, 7) is 2.06. The minimum atomic E-state index is -0.248. The zero-order valence-corrected chi connectivity index (χ0v) is 13.7. The van der Waals surface area contributed by atoms with Crippen molar-refractivity contribution in [2.75, 3.05) is 0 Å².